The fraction of sp³-hybridized carbons (Fsp3) is 1.00. The molecule has 0 aromatic carbocycles. The lowest BCUT2D eigenvalue weighted by Gasteiger charge is -2.27. The van der Waals surface area contributed by atoms with Crippen LogP contribution in [0.3, 0.4) is 0 Å². The van der Waals surface area contributed by atoms with Gasteiger partial charge in [-0.2, -0.15) is 39.2 Å². The molecule has 0 saturated carbocycles. The molecule has 0 heterocycles. The molecule has 0 spiro atoms. The number of nitrogens with two attached hydrogens (primary N) is 1. The van der Waals surface area contributed by atoms with Crippen molar-refractivity contribution in [1.29, 1.82) is 0 Å². The fourth-order valence-electron chi connectivity index (χ4n) is 0.582. The first-order valence-electron chi connectivity index (χ1n) is 3.67. The average Bonchev–Trinajstić information content (AvgIpc) is 1.98. The van der Waals surface area contributed by atoms with Gasteiger partial charge in [-0.3, -0.25) is 0 Å². The van der Waals surface area contributed by atoms with E-state index in [-0.39, 0.29) is 0 Å². The lowest BCUT2D eigenvalue weighted by Crippen LogP contribution is -2.57. The summed E-state index contributed by atoms with van der Waals surface area (Å²) in [6, 6.07) is 0. The van der Waals surface area contributed by atoms with Crippen molar-refractivity contribution < 1.29 is 43.3 Å². The van der Waals surface area contributed by atoms with Crippen LogP contribution in [0.5, 0.6) is 0 Å². The smallest absolute Gasteiger partial charge is 0.305 e. The second-order valence-corrected chi connectivity index (χ2v) is 4.46. The van der Waals surface area contributed by atoms with E-state index in [4.69, 9.17) is 0 Å². The summed E-state index contributed by atoms with van der Waals surface area (Å²) in [5.74, 6) is -6.80. The first-order chi connectivity index (χ1) is 7.17. The molecule has 12 heteroatoms. The fourth-order valence-corrected chi connectivity index (χ4v) is 1.53. The van der Waals surface area contributed by atoms with Gasteiger partial charge in [0.15, 0.2) is 0 Å². The zero-order valence-electron chi connectivity index (χ0n) is 7.93. The number of alkyl halides is 7. The molecule has 0 aliphatic heterocycles. The minimum Gasteiger partial charge on any atom is -0.305 e. The summed E-state index contributed by atoms with van der Waals surface area (Å²) < 4.78 is 109. The van der Waals surface area contributed by atoms with Crippen LogP contribution in [0.4, 0.5) is 30.7 Å². The van der Waals surface area contributed by atoms with Crippen LogP contribution >= 0.6 is 0 Å². The lowest BCUT2D eigenvalue weighted by atomic mass is 10.3. The molecule has 1 unspecified atom stereocenters. The van der Waals surface area contributed by atoms with E-state index in [1.54, 1.807) is 0 Å². The SMILES string of the molecule is CC(N)OS(=O)(=O)C(F)(F)C(F)(F)C(F)(F)F. The van der Waals surface area contributed by atoms with Gasteiger partial charge in [-0.1, -0.05) is 0 Å². The Hall–Kier alpha value is -0.620. The predicted molar refractivity (Wildman–Crippen MR) is 39.6 cm³/mol. The third kappa shape index (κ3) is 2.80. The second-order valence-electron chi connectivity index (χ2n) is 2.84. The molecule has 0 aromatic heterocycles. The van der Waals surface area contributed by atoms with E-state index in [0.29, 0.717) is 6.92 Å². The van der Waals surface area contributed by atoms with Crippen LogP contribution in [-0.2, 0) is 14.3 Å². The average molecular weight is 293 g/mol. The standard InChI is InChI=1S/C5H6F7NO3S/c1-2(13)16-17(14,15)5(11,12)3(6,7)4(8,9)10/h2H,13H2,1H3. The van der Waals surface area contributed by atoms with Crippen molar-refractivity contribution in [3.63, 3.8) is 0 Å². The molecule has 0 saturated heterocycles. The van der Waals surface area contributed by atoms with E-state index in [0.717, 1.165) is 0 Å². The summed E-state index contributed by atoms with van der Waals surface area (Å²) in [4.78, 5) is 0. The highest BCUT2D eigenvalue weighted by molar-refractivity contribution is 7.87. The van der Waals surface area contributed by atoms with Crippen LogP contribution in [0.15, 0.2) is 0 Å². The summed E-state index contributed by atoms with van der Waals surface area (Å²) in [5.41, 5.74) is 4.57. The van der Waals surface area contributed by atoms with Gasteiger partial charge in [0.2, 0.25) is 0 Å². The van der Waals surface area contributed by atoms with Gasteiger partial charge < -0.3 is 5.73 Å². The summed E-state index contributed by atoms with van der Waals surface area (Å²) >= 11 is 0. The number of hydrogen-bond donors (Lipinski definition) is 1. The van der Waals surface area contributed by atoms with E-state index in [2.05, 4.69) is 9.92 Å². The zero-order chi connectivity index (χ0) is 14.3. The maximum atomic E-state index is 12.6. The molecule has 2 N–H and O–H groups in total. The van der Waals surface area contributed by atoms with Gasteiger partial charge in [-0.15, -0.1) is 0 Å². The zero-order valence-corrected chi connectivity index (χ0v) is 8.75. The van der Waals surface area contributed by atoms with Gasteiger partial charge in [-0.05, 0) is 6.92 Å². The Bertz CT molecular complexity index is 373. The van der Waals surface area contributed by atoms with Crippen molar-refractivity contribution in [3.05, 3.63) is 0 Å². The normalized spacial score (nSPS) is 17.0. The van der Waals surface area contributed by atoms with E-state index < -0.39 is 33.7 Å². The Morgan fingerprint density at radius 3 is 1.65 bits per heavy atom. The minimum atomic E-state index is -6.80. The minimum absolute atomic E-state index is 0.652. The molecule has 0 radical (unpaired) electrons. The molecule has 1 atom stereocenters. The maximum absolute atomic E-state index is 12.6. The molecule has 0 aromatic rings. The van der Waals surface area contributed by atoms with Crippen LogP contribution < -0.4 is 5.73 Å². The highest BCUT2D eigenvalue weighted by atomic mass is 32.2. The predicted octanol–water partition coefficient (Wildman–Crippen LogP) is 1.43. The Morgan fingerprint density at radius 1 is 1.06 bits per heavy atom. The van der Waals surface area contributed by atoms with Gasteiger partial charge in [-0.25, -0.2) is 4.18 Å². The van der Waals surface area contributed by atoms with Crippen LogP contribution in [-0.4, -0.2) is 32.0 Å². The van der Waals surface area contributed by atoms with Crippen molar-refractivity contribution in [2.24, 2.45) is 5.73 Å². The van der Waals surface area contributed by atoms with Crippen LogP contribution in [0.2, 0.25) is 0 Å². The summed E-state index contributed by atoms with van der Waals surface area (Å²) in [7, 11) is -6.53. The van der Waals surface area contributed by atoms with Crippen molar-refractivity contribution in [3.8, 4) is 0 Å². The first kappa shape index (κ1) is 16.4. The third-order valence-electron chi connectivity index (χ3n) is 1.31. The third-order valence-corrected chi connectivity index (χ3v) is 2.76. The number of halogens is 7. The molecular weight excluding hydrogens is 287 g/mol. The van der Waals surface area contributed by atoms with Crippen molar-refractivity contribution in [2.45, 2.75) is 30.5 Å². The molecule has 0 bridgehead atoms. The van der Waals surface area contributed by atoms with E-state index in [1.807, 2.05) is 0 Å². The van der Waals surface area contributed by atoms with Gasteiger partial charge in [0, 0.05) is 0 Å². The molecule has 104 valence electrons. The molecular formula is C5H6F7NO3S. The molecule has 0 fully saturated rings. The largest absolute Gasteiger partial charge is 0.461 e. The Balaban J connectivity index is 5.57. The monoisotopic (exact) mass is 293 g/mol. The second kappa shape index (κ2) is 4.24. The Kier molecular flexibility index (Phi) is 4.09. The van der Waals surface area contributed by atoms with E-state index >= 15 is 0 Å². The number of rotatable bonds is 4. The highest BCUT2D eigenvalue weighted by Gasteiger charge is 2.79. The summed E-state index contributed by atoms with van der Waals surface area (Å²) in [5, 5.41) is -6.48. The van der Waals surface area contributed by atoms with Gasteiger partial charge in [0.25, 0.3) is 0 Å². The molecule has 17 heavy (non-hydrogen) atoms. The van der Waals surface area contributed by atoms with Crippen LogP contribution in [0, 0.1) is 0 Å². The van der Waals surface area contributed by atoms with Crippen LogP contribution in [0.25, 0.3) is 0 Å². The maximum Gasteiger partial charge on any atom is 0.461 e. The topological polar surface area (TPSA) is 69.4 Å². The summed E-state index contributed by atoms with van der Waals surface area (Å²) in [6.45, 7) is 0.652. The molecule has 0 amide bonds. The van der Waals surface area contributed by atoms with E-state index in [1.165, 1.54) is 0 Å². The molecule has 0 aliphatic carbocycles. The quantitative estimate of drug-likeness (QED) is 0.483. The Labute approximate surface area is 90.6 Å². The van der Waals surface area contributed by atoms with Gasteiger partial charge in [0.1, 0.15) is 6.23 Å². The number of hydrogen-bond acceptors (Lipinski definition) is 4. The van der Waals surface area contributed by atoms with Crippen molar-refractivity contribution in [1.82, 2.24) is 0 Å². The van der Waals surface area contributed by atoms with Gasteiger partial charge >= 0.3 is 27.5 Å². The Morgan fingerprint density at radius 2 is 1.41 bits per heavy atom. The van der Waals surface area contributed by atoms with Crippen molar-refractivity contribution in [2.75, 3.05) is 0 Å². The van der Waals surface area contributed by atoms with E-state index in [9.17, 15) is 39.2 Å². The van der Waals surface area contributed by atoms with Gasteiger partial charge in [0.05, 0.1) is 0 Å². The molecule has 0 rings (SSSR count). The molecule has 4 nitrogen and oxygen atoms in total. The summed E-state index contributed by atoms with van der Waals surface area (Å²) in [6.07, 6.45) is -8.76. The van der Waals surface area contributed by atoms with Crippen LogP contribution in [0.1, 0.15) is 6.92 Å². The lowest BCUT2D eigenvalue weighted by molar-refractivity contribution is -0.333. The highest BCUT2D eigenvalue weighted by Crippen LogP contribution is 2.49. The first-order valence-corrected chi connectivity index (χ1v) is 5.08. The molecule has 0 aliphatic rings. The van der Waals surface area contributed by atoms with Crippen molar-refractivity contribution >= 4 is 10.1 Å².